The molecular formula is C8H14ClNO2. The number of amides is 1. The summed E-state index contributed by atoms with van der Waals surface area (Å²) in [5, 5.41) is -0.000809. The molecule has 1 heterocycles. The zero-order valence-corrected chi connectivity index (χ0v) is 8.01. The fourth-order valence-corrected chi connectivity index (χ4v) is 1.56. The fourth-order valence-electron chi connectivity index (χ4n) is 1.26. The molecule has 4 heteroatoms. The molecule has 1 saturated heterocycles. The van der Waals surface area contributed by atoms with Crippen molar-refractivity contribution >= 4 is 17.5 Å². The largest absolute Gasteiger partial charge is 0.380 e. The van der Waals surface area contributed by atoms with Crippen molar-refractivity contribution in [2.45, 2.75) is 18.7 Å². The number of hydrogen-bond donors (Lipinski definition) is 0. The molecule has 0 N–H and O–H groups in total. The van der Waals surface area contributed by atoms with Crippen molar-refractivity contribution in [1.29, 1.82) is 0 Å². The van der Waals surface area contributed by atoms with Crippen molar-refractivity contribution in [2.24, 2.45) is 0 Å². The zero-order valence-electron chi connectivity index (χ0n) is 7.25. The Morgan fingerprint density at radius 2 is 2.50 bits per heavy atom. The maximum Gasteiger partial charge on any atom is 0.224 e. The van der Waals surface area contributed by atoms with Gasteiger partial charge in [0.2, 0.25) is 5.91 Å². The van der Waals surface area contributed by atoms with Gasteiger partial charge in [-0.25, -0.2) is 0 Å². The van der Waals surface area contributed by atoms with Gasteiger partial charge in [-0.2, -0.15) is 0 Å². The molecule has 0 saturated carbocycles. The van der Waals surface area contributed by atoms with Gasteiger partial charge in [-0.1, -0.05) is 0 Å². The van der Waals surface area contributed by atoms with Gasteiger partial charge in [-0.15, -0.1) is 11.6 Å². The lowest BCUT2D eigenvalue weighted by Gasteiger charge is -2.14. The highest BCUT2D eigenvalue weighted by Gasteiger charge is 2.27. The molecule has 1 atom stereocenters. The minimum atomic E-state index is -0.000809. The fraction of sp³-hybridized carbons (Fsp3) is 0.875. The lowest BCUT2D eigenvalue weighted by atomic mass is 10.4. The van der Waals surface area contributed by atoms with Crippen LogP contribution in [0.1, 0.15) is 13.3 Å². The highest BCUT2D eigenvalue weighted by Crippen LogP contribution is 2.15. The predicted molar refractivity (Wildman–Crippen MR) is 47.3 cm³/mol. The number of rotatable bonds is 4. The first kappa shape index (κ1) is 9.81. The van der Waals surface area contributed by atoms with Crippen molar-refractivity contribution < 1.29 is 9.53 Å². The van der Waals surface area contributed by atoms with Crippen molar-refractivity contribution in [3.05, 3.63) is 0 Å². The minimum Gasteiger partial charge on any atom is -0.380 e. The van der Waals surface area contributed by atoms with Crippen molar-refractivity contribution in [3.63, 3.8) is 0 Å². The number of carbonyl (C=O) groups excluding carboxylic acids is 1. The molecule has 1 unspecified atom stereocenters. The molecule has 1 aliphatic rings. The molecule has 70 valence electrons. The Kier molecular flexibility index (Phi) is 3.82. The maximum absolute atomic E-state index is 11.2. The second-order valence-electron chi connectivity index (χ2n) is 2.84. The summed E-state index contributed by atoms with van der Waals surface area (Å²) in [6.07, 6.45) is 0.480. The molecule has 0 bridgehead atoms. The Balaban J connectivity index is 2.19. The van der Waals surface area contributed by atoms with E-state index in [9.17, 15) is 4.79 Å². The van der Waals surface area contributed by atoms with Crippen LogP contribution in [0.3, 0.4) is 0 Å². The lowest BCUT2D eigenvalue weighted by molar-refractivity contribution is -0.128. The van der Waals surface area contributed by atoms with E-state index in [0.717, 1.165) is 0 Å². The Hall–Kier alpha value is -0.280. The van der Waals surface area contributed by atoms with E-state index >= 15 is 0 Å². The molecule has 1 fully saturated rings. The molecule has 0 aromatic heterocycles. The molecule has 12 heavy (non-hydrogen) atoms. The number of likely N-dealkylation sites (tertiary alicyclic amines) is 1. The normalized spacial score (nSPS) is 23.7. The third-order valence-corrected chi connectivity index (χ3v) is 2.17. The minimum absolute atomic E-state index is 0.000809. The molecule has 0 spiro atoms. The molecule has 0 aromatic rings. The first-order valence-electron chi connectivity index (χ1n) is 4.23. The van der Waals surface area contributed by atoms with E-state index in [2.05, 4.69) is 0 Å². The Labute approximate surface area is 77.6 Å². The van der Waals surface area contributed by atoms with Gasteiger partial charge in [0.25, 0.3) is 0 Å². The average Bonchev–Trinajstić information content (AvgIpc) is 2.31. The Bertz CT molecular complexity index is 163. The van der Waals surface area contributed by atoms with E-state index in [1.807, 2.05) is 6.92 Å². The standard InChI is InChI=1S/C8H14ClNO2/c1-2-12-4-3-10-6-7(9)5-8(10)11/h7H,2-6H2,1H3. The van der Waals surface area contributed by atoms with Crippen LogP contribution in [0.5, 0.6) is 0 Å². The first-order chi connectivity index (χ1) is 5.74. The molecular weight excluding hydrogens is 178 g/mol. The quantitative estimate of drug-likeness (QED) is 0.488. The average molecular weight is 192 g/mol. The number of alkyl halides is 1. The summed E-state index contributed by atoms with van der Waals surface area (Å²) in [5.74, 6) is 0.148. The predicted octanol–water partition coefficient (Wildman–Crippen LogP) is 0.863. The number of hydrogen-bond acceptors (Lipinski definition) is 2. The highest BCUT2D eigenvalue weighted by molar-refractivity contribution is 6.22. The Morgan fingerprint density at radius 3 is 3.00 bits per heavy atom. The number of ether oxygens (including phenoxy) is 1. The van der Waals surface area contributed by atoms with Crippen molar-refractivity contribution in [1.82, 2.24) is 4.90 Å². The summed E-state index contributed by atoms with van der Waals surface area (Å²) in [6.45, 7) is 4.61. The third kappa shape index (κ3) is 2.64. The lowest BCUT2D eigenvalue weighted by Crippen LogP contribution is -2.29. The van der Waals surface area contributed by atoms with Gasteiger partial charge in [-0.3, -0.25) is 4.79 Å². The van der Waals surface area contributed by atoms with Gasteiger partial charge in [0, 0.05) is 26.1 Å². The topological polar surface area (TPSA) is 29.5 Å². The molecule has 1 aliphatic heterocycles. The summed E-state index contributed by atoms with van der Waals surface area (Å²) in [4.78, 5) is 12.9. The van der Waals surface area contributed by atoms with Crippen LogP contribution < -0.4 is 0 Å². The summed E-state index contributed by atoms with van der Waals surface area (Å²) >= 11 is 5.81. The number of nitrogens with zero attached hydrogens (tertiary/aromatic N) is 1. The highest BCUT2D eigenvalue weighted by atomic mass is 35.5. The van der Waals surface area contributed by atoms with Crippen molar-refractivity contribution in [3.8, 4) is 0 Å². The van der Waals surface area contributed by atoms with Crippen LogP contribution in [-0.2, 0) is 9.53 Å². The van der Waals surface area contributed by atoms with Gasteiger partial charge in [-0.05, 0) is 6.92 Å². The number of halogens is 1. The van der Waals surface area contributed by atoms with E-state index in [1.54, 1.807) is 4.90 Å². The van der Waals surface area contributed by atoms with Crippen LogP contribution in [-0.4, -0.2) is 42.5 Å². The van der Waals surface area contributed by atoms with Crippen LogP contribution >= 0.6 is 11.6 Å². The van der Waals surface area contributed by atoms with Gasteiger partial charge in [0.05, 0.1) is 12.0 Å². The van der Waals surface area contributed by atoms with E-state index in [1.165, 1.54) is 0 Å². The van der Waals surface area contributed by atoms with Gasteiger partial charge in [0.1, 0.15) is 0 Å². The van der Waals surface area contributed by atoms with Crippen LogP contribution in [0.4, 0.5) is 0 Å². The molecule has 0 aromatic carbocycles. The second-order valence-corrected chi connectivity index (χ2v) is 3.46. The number of carbonyl (C=O) groups is 1. The molecule has 0 aliphatic carbocycles. The van der Waals surface area contributed by atoms with Gasteiger partial charge >= 0.3 is 0 Å². The van der Waals surface area contributed by atoms with E-state index in [0.29, 0.717) is 32.7 Å². The van der Waals surface area contributed by atoms with Gasteiger partial charge in [0.15, 0.2) is 0 Å². The van der Waals surface area contributed by atoms with E-state index in [4.69, 9.17) is 16.3 Å². The third-order valence-electron chi connectivity index (χ3n) is 1.88. The molecule has 0 radical (unpaired) electrons. The van der Waals surface area contributed by atoms with Crippen LogP contribution in [0.15, 0.2) is 0 Å². The summed E-state index contributed by atoms with van der Waals surface area (Å²) in [7, 11) is 0. The molecule has 1 rings (SSSR count). The van der Waals surface area contributed by atoms with Crippen LogP contribution in [0, 0.1) is 0 Å². The van der Waals surface area contributed by atoms with Crippen molar-refractivity contribution in [2.75, 3.05) is 26.3 Å². The maximum atomic E-state index is 11.2. The second kappa shape index (κ2) is 4.67. The SMILES string of the molecule is CCOCCN1CC(Cl)CC1=O. The van der Waals surface area contributed by atoms with E-state index < -0.39 is 0 Å². The molecule has 3 nitrogen and oxygen atoms in total. The zero-order chi connectivity index (χ0) is 8.97. The van der Waals surface area contributed by atoms with E-state index in [-0.39, 0.29) is 11.3 Å². The monoisotopic (exact) mass is 191 g/mol. The summed E-state index contributed by atoms with van der Waals surface area (Å²) in [5.41, 5.74) is 0. The first-order valence-corrected chi connectivity index (χ1v) is 4.67. The summed E-state index contributed by atoms with van der Waals surface area (Å²) < 4.78 is 5.14. The molecule has 1 amide bonds. The van der Waals surface area contributed by atoms with Crippen LogP contribution in [0.25, 0.3) is 0 Å². The van der Waals surface area contributed by atoms with Crippen LogP contribution in [0.2, 0.25) is 0 Å². The summed E-state index contributed by atoms with van der Waals surface area (Å²) in [6, 6.07) is 0. The Morgan fingerprint density at radius 1 is 1.75 bits per heavy atom. The smallest absolute Gasteiger partial charge is 0.224 e. The van der Waals surface area contributed by atoms with Gasteiger partial charge < -0.3 is 9.64 Å².